The molecule has 0 aromatic carbocycles. The van der Waals surface area contributed by atoms with Crippen LogP contribution < -0.4 is 11.2 Å². The molecule has 1 aliphatic rings. The summed E-state index contributed by atoms with van der Waals surface area (Å²) in [6.45, 7) is 4.14. The van der Waals surface area contributed by atoms with Gasteiger partial charge in [0, 0.05) is 6.04 Å². The molecule has 1 amide bonds. The maximum absolute atomic E-state index is 10.8. The number of hydrogen-bond acceptors (Lipinski definition) is 3. The van der Waals surface area contributed by atoms with Gasteiger partial charge in [-0.3, -0.25) is 4.79 Å². The van der Waals surface area contributed by atoms with Crippen molar-refractivity contribution in [1.29, 1.82) is 0 Å². The van der Waals surface area contributed by atoms with E-state index in [4.69, 9.17) is 5.73 Å². The lowest BCUT2D eigenvalue weighted by molar-refractivity contribution is -0.119. The Kier molecular flexibility index (Phi) is 2.81. The zero-order valence-electron chi connectivity index (χ0n) is 7.50. The minimum Gasteiger partial charge on any atom is -0.323 e. The first-order chi connectivity index (χ1) is 5.65. The highest BCUT2D eigenvalue weighted by molar-refractivity contribution is 6.07. The van der Waals surface area contributed by atoms with Crippen molar-refractivity contribution in [2.24, 2.45) is 16.8 Å². The molecule has 68 valence electrons. The minimum absolute atomic E-state index is 0.0521. The number of carbonyl (C=O) groups excluding carboxylic acids is 1. The van der Waals surface area contributed by atoms with Crippen LogP contribution in [0.3, 0.4) is 0 Å². The lowest BCUT2D eigenvalue weighted by Gasteiger charge is -2.16. The summed E-state index contributed by atoms with van der Waals surface area (Å²) in [6.07, 6.45) is 1.37. The van der Waals surface area contributed by atoms with Gasteiger partial charge in [-0.1, -0.05) is 20.3 Å². The van der Waals surface area contributed by atoms with Crippen molar-refractivity contribution >= 4 is 11.6 Å². The summed E-state index contributed by atoms with van der Waals surface area (Å²) in [5, 5.41) is 3.88. The lowest BCUT2D eigenvalue weighted by Crippen LogP contribution is -2.36. The Balaban J connectivity index is 2.53. The molecular formula is C8H15N3O. The van der Waals surface area contributed by atoms with Gasteiger partial charge in [0.25, 0.3) is 0 Å². The molecule has 0 aliphatic carbocycles. The monoisotopic (exact) mass is 169 g/mol. The Labute approximate surface area is 72.2 Å². The quantitative estimate of drug-likeness (QED) is 0.635. The number of hydrogen-bond donors (Lipinski definition) is 2. The highest BCUT2D eigenvalue weighted by atomic mass is 16.2. The lowest BCUT2D eigenvalue weighted by atomic mass is 9.94. The molecule has 1 rings (SSSR count). The molecule has 0 fully saturated rings. The molecule has 0 spiro atoms. The van der Waals surface area contributed by atoms with E-state index in [1.165, 1.54) is 0 Å². The van der Waals surface area contributed by atoms with E-state index >= 15 is 0 Å². The Bertz CT molecular complexity index is 212. The van der Waals surface area contributed by atoms with Crippen molar-refractivity contribution < 1.29 is 4.79 Å². The van der Waals surface area contributed by atoms with Gasteiger partial charge in [0.15, 0.2) is 0 Å². The average molecular weight is 169 g/mol. The van der Waals surface area contributed by atoms with E-state index in [0.29, 0.717) is 12.3 Å². The number of amides is 1. The van der Waals surface area contributed by atoms with E-state index in [-0.39, 0.29) is 11.9 Å². The van der Waals surface area contributed by atoms with Gasteiger partial charge in [-0.15, -0.1) is 0 Å². The van der Waals surface area contributed by atoms with Gasteiger partial charge in [-0.05, 0) is 5.92 Å². The van der Waals surface area contributed by atoms with E-state index < -0.39 is 0 Å². The van der Waals surface area contributed by atoms with Crippen LogP contribution in [-0.2, 0) is 4.79 Å². The molecule has 0 radical (unpaired) electrons. The smallest absolute Gasteiger partial charge is 0.245 e. The molecule has 0 aromatic heterocycles. The summed E-state index contributed by atoms with van der Waals surface area (Å²) < 4.78 is 0. The second-order valence-corrected chi connectivity index (χ2v) is 3.23. The number of nitrogens with one attached hydrogen (secondary N) is 1. The zero-order chi connectivity index (χ0) is 9.14. The molecule has 0 aromatic rings. The average Bonchev–Trinajstić information content (AvgIpc) is 2.49. The van der Waals surface area contributed by atoms with Gasteiger partial charge < -0.3 is 5.73 Å². The van der Waals surface area contributed by atoms with Gasteiger partial charge in [0.1, 0.15) is 0 Å². The molecule has 4 nitrogen and oxygen atoms in total. The third-order valence-electron chi connectivity index (χ3n) is 2.31. The first-order valence-corrected chi connectivity index (χ1v) is 4.26. The van der Waals surface area contributed by atoms with Crippen molar-refractivity contribution in [3.8, 4) is 0 Å². The Morgan fingerprint density at radius 1 is 1.75 bits per heavy atom. The van der Waals surface area contributed by atoms with E-state index in [9.17, 15) is 4.79 Å². The van der Waals surface area contributed by atoms with E-state index in [2.05, 4.69) is 24.4 Å². The summed E-state index contributed by atoms with van der Waals surface area (Å²) in [7, 11) is 0. The summed E-state index contributed by atoms with van der Waals surface area (Å²) in [4.78, 5) is 10.8. The van der Waals surface area contributed by atoms with Crippen LogP contribution in [0, 0.1) is 5.92 Å². The third-order valence-corrected chi connectivity index (χ3v) is 2.31. The summed E-state index contributed by atoms with van der Waals surface area (Å²) in [6, 6.07) is -0.0750. The SMILES string of the molecule is CC[C@H](C)[C@H](N)C1=NNC(=O)C1. The molecule has 4 heteroatoms. The van der Waals surface area contributed by atoms with Crippen LogP contribution in [0.2, 0.25) is 0 Å². The number of carbonyl (C=O) groups is 1. The fourth-order valence-corrected chi connectivity index (χ4v) is 1.15. The van der Waals surface area contributed by atoms with Gasteiger partial charge in [-0.25, -0.2) is 5.43 Å². The Morgan fingerprint density at radius 3 is 2.83 bits per heavy atom. The number of rotatable bonds is 3. The van der Waals surface area contributed by atoms with E-state index in [0.717, 1.165) is 12.1 Å². The third kappa shape index (κ3) is 1.82. The van der Waals surface area contributed by atoms with Gasteiger partial charge in [0.05, 0.1) is 12.1 Å². The van der Waals surface area contributed by atoms with Crippen molar-refractivity contribution in [3.63, 3.8) is 0 Å². The first-order valence-electron chi connectivity index (χ1n) is 4.26. The number of nitrogens with zero attached hydrogens (tertiary/aromatic N) is 1. The molecule has 2 atom stereocenters. The number of hydrazone groups is 1. The topological polar surface area (TPSA) is 67.5 Å². The Hall–Kier alpha value is -0.900. The molecular weight excluding hydrogens is 154 g/mol. The van der Waals surface area contributed by atoms with Crippen LogP contribution in [-0.4, -0.2) is 17.7 Å². The fraction of sp³-hybridized carbons (Fsp3) is 0.750. The highest BCUT2D eigenvalue weighted by Gasteiger charge is 2.23. The van der Waals surface area contributed by atoms with Crippen molar-refractivity contribution in [2.45, 2.75) is 32.7 Å². The molecule has 1 aliphatic heterocycles. The standard InChI is InChI=1S/C8H15N3O/c1-3-5(2)8(9)6-4-7(12)11-10-6/h5,8H,3-4,9H2,1-2H3,(H,11,12)/t5-,8-/m0/s1. The van der Waals surface area contributed by atoms with Crippen molar-refractivity contribution in [3.05, 3.63) is 0 Å². The van der Waals surface area contributed by atoms with Crippen LogP contribution in [0.25, 0.3) is 0 Å². The Morgan fingerprint density at radius 2 is 2.42 bits per heavy atom. The van der Waals surface area contributed by atoms with Crippen LogP contribution in [0.5, 0.6) is 0 Å². The molecule has 0 unspecified atom stereocenters. The zero-order valence-corrected chi connectivity index (χ0v) is 7.50. The molecule has 0 saturated carbocycles. The predicted octanol–water partition coefficient (Wildman–Crippen LogP) is 0.236. The van der Waals surface area contributed by atoms with Crippen LogP contribution in [0.4, 0.5) is 0 Å². The summed E-state index contributed by atoms with van der Waals surface area (Å²) in [5.74, 6) is 0.334. The summed E-state index contributed by atoms with van der Waals surface area (Å²) in [5.41, 5.74) is 9.06. The second-order valence-electron chi connectivity index (χ2n) is 3.23. The largest absolute Gasteiger partial charge is 0.323 e. The minimum atomic E-state index is -0.0750. The normalized spacial score (nSPS) is 21.6. The van der Waals surface area contributed by atoms with E-state index in [1.54, 1.807) is 0 Å². The van der Waals surface area contributed by atoms with Gasteiger partial charge in [-0.2, -0.15) is 5.10 Å². The molecule has 0 saturated heterocycles. The van der Waals surface area contributed by atoms with Crippen molar-refractivity contribution in [1.82, 2.24) is 5.43 Å². The van der Waals surface area contributed by atoms with E-state index in [1.807, 2.05) is 0 Å². The predicted molar refractivity (Wildman–Crippen MR) is 47.6 cm³/mol. The highest BCUT2D eigenvalue weighted by Crippen LogP contribution is 2.10. The molecule has 1 heterocycles. The van der Waals surface area contributed by atoms with Gasteiger partial charge >= 0.3 is 0 Å². The molecule has 0 bridgehead atoms. The van der Waals surface area contributed by atoms with Gasteiger partial charge in [0.2, 0.25) is 5.91 Å². The number of nitrogens with two attached hydrogens (primary N) is 1. The molecule has 12 heavy (non-hydrogen) atoms. The maximum Gasteiger partial charge on any atom is 0.245 e. The first kappa shape index (κ1) is 9.19. The van der Waals surface area contributed by atoms with Crippen LogP contribution >= 0.6 is 0 Å². The van der Waals surface area contributed by atoms with Crippen LogP contribution in [0.1, 0.15) is 26.7 Å². The fourth-order valence-electron chi connectivity index (χ4n) is 1.15. The van der Waals surface area contributed by atoms with Crippen molar-refractivity contribution in [2.75, 3.05) is 0 Å². The summed E-state index contributed by atoms with van der Waals surface area (Å²) >= 11 is 0. The molecule has 3 N–H and O–H groups in total. The second kappa shape index (κ2) is 3.67. The van der Waals surface area contributed by atoms with Crippen LogP contribution in [0.15, 0.2) is 5.10 Å². The maximum atomic E-state index is 10.8.